The van der Waals surface area contributed by atoms with Gasteiger partial charge in [-0.15, -0.1) is 5.10 Å². The number of hydrogen-bond acceptors (Lipinski definition) is 4. The van der Waals surface area contributed by atoms with Crippen LogP contribution in [-0.4, -0.2) is 32.6 Å². The van der Waals surface area contributed by atoms with Crippen LogP contribution in [-0.2, 0) is 17.8 Å². The first-order valence-corrected chi connectivity index (χ1v) is 9.90. The van der Waals surface area contributed by atoms with E-state index in [0.717, 1.165) is 12.0 Å². The Kier molecular flexibility index (Phi) is 5.50. The van der Waals surface area contributed by atoms with E-state index in [2.05, 4.69) is 33.9 Å². The fourth-order valence-corrected chi connectivity index (χ4v) is 4.00. The molecule has 31 heavy (non-hydrogen) atoms. The summed E-state index contributed by atoms with van der Waals surface area (Å²) in [6.07, 6.45) is 6.43. The van der Waals surface area contributed by atoms with Crippen molar-refractivity contribution >= 4 is 17.5 Å². The number of rotatable bonds is 5. The summed E-state index contributed by atoms with van der Waals surface area (Å²) in [5.74, 6) is -2.20. The quantitative estimate of drug-likeness (QED) is 0.721. The smallest absolute Gasteiger partial charge is 0.291 e. The van der Waals surface area contributed by atoms with E-state index in [-0.39, 0.29) is 30.3 Å². The molecule has 0 aliphatic carbocycles. The number of carbonyl (C=O) groups is 2. The molecule has 3 heterocycles. The van der Waals surface area contributed by atoms with Gasteiger partial charge in [0.05, 0.1) is 5.69 Å². The minimum absolute atomic E-state index is 0.0434. The summed E-state index contributed by atoms with van der Waals surface area (Å²) < 4.78 is 29.2. The summed E-state index contributed by atoms with van der Waals surface area (Å²) in [4.78, 5) is 29.6. The SMILES string of the molecule is C=C/C=C(\C=C)[C@@H]1CCn2nc(C(=O)N[C@H]3CCc4cc(F)cc(F)c4NC3=O)nc21. The van der Waals surface area contributed by atoms with Crippen LogP contribution in [0.25, 0.3) is 0 Å². The molecule has 1 aromatic carbocycles. The van der Waals surface area contributed by atoms with Crippen LogP contribution in [0, 0.1) is 11.6 Å². The van der Waals surface area contributed by atoms with Crippen LogP contribution in [0.15, 0.2) is 49.1 Å². The van der Waals surface area contributed by atoms with E-state index in [1.807, 2.05) is 6.08 Å². The number of aromatic nitrogens is 3. The largest absolute Gasteiger partial charge is 0.337 e. The number of fused-ring (bicyclic) bond motifs is 2. The molecule has 0 unspecified atom stereocenters. The van der Waals surface area contributed by atoms with Gasteiger partial charge in [0.1, 0.15) is 23.5 Å². The Morgan fingerprint density at radius 1 is 1.29 bits per heavy atom. The predicted molar refractivity (Wildman–Crippen MR) is 110 cm³/mol. The number of hydrogen-bond donors (Lipinski definition) is 2. The second-order valence-electron chi connectivity index (χ2n) is 7.44. The topological polar surface area (TPSA) is 88.9 Å². The number of benzene rings is 1. The molecule has 7 nitrogen and oxygen atoms in total. The molecule has 2 aliphatic rings. The lowest BCUT2D eigenvalue weighted by molar-refractivity contribution is -0.118. The fourth-order valence-electron chi connectivity index (χ4n) is 4.00. The summed E-state index contributed by atoms with van der Waals surface area (Å²) in [5, 5.41) is 9.31. The van der Waals surface area contributed by atoms with Gasteiger partial charge < -0.3 is 10.6 Å². The first kappa shape index (κ1) is 20.6. The molecule has 0 saturated carbocycles. The molecule has 0 fully saturated rings. The van der Waals surface area contributed by atoms with E-state index in [1.165, 1.54) is 6.07 Å². The Morgan fingerprint density at radius 2 is 2.10 bits per heavy atom. The lowest BCUT2D eigenvalue weighted by atomic mass is 9.96. The van der Waals surface area contributed by atoms with Crippen molar-refractivity contribution in [3.8, 4) is 0 Å². The third kappa shape index (κ3) is 3.90. The van der Waals surface area contributed by atoms with E-state index in [1.54, 1.807) is 16.8 Å². The summed E-state index contributed by atoms with van der Waals surface area (Å²) in [7, 11) is 0. The van der Waals surface area contributed by atoms with E-state index in [9.17, 15) is 18.4 Å². The van der Waals surface area contributed by atoms with Crippen LogP contribution in [0.3, 0.4) is 0 Å². The zero-order valence-corrected chi connectivity index (χ0v) is 16.7. The third-order valence-electron chi connectivity index (χ3n) is 5.50. The van der Waals surface area contributed by atoms with Crippen LogP contribution in [0.5, 0.6) is 0 Å². The lowest BCUT2D eigenvalue weighted by Crippen LogP contribution is -2.43. The number of allylic oxidation sites excluding steroid dienone is 4. The molecule has 0 bridgehead atoms. The Hall–Kier alpha value is -3.62. The van der Waals surface area contributed by atoms with Crippen LogP contribution >= 0.6 is 0 Å². The highest BCUT2D eigenvalue weighted by Gasteiger charge is 2.32. The molecule has 0 spiro atoms. The summed E-state index contributed by atoms with van der Waals surface area (Å²) in [6.45, 7) is 8.12. The molecule has 0 saturated heterocycles. The highest BCUT2D eigenvalue weighted by atomic mass is 19.1. The second-order valence-corrected chi connectivity index (χ2v) is 7.44. The van der Waals surface area contributed by atoms with Crippen molar-refractivity contribution in [1.29, 1.82) is 0 Å². The van der Waals surface area contributed by atoms with Crippen molar-refractivity contribution in [2.45, 2.75) is 37.8 Å². The molecule has 2 N–H and O–H groups in total. The van der Waals surface area contributed by atoms with E-state index in [0.29, 0.717) is 24.0 Å². The predicted octanol–water partition coefficient (Wildman–Crippen LogP) is 3.03. The molecule has 160 valence electrons. The number of anilines is 1. The van der Waals surface area contributed by atoms with Crippen molar-refractivity contribution in [2.75, 3.05) is 5.32 Å². The fraction of sp³-hybridized carbons (Fsp3) is 0.273. The van der Waals surface area contributed by atoms with Gasteiger partial charge in [0.2, 0.25) is 11.7 Å². The Balaban J connectivity index is 1.50. The number of nitrogens with one attached hydrogen (secondary N) is 2. The van der Waals surface area contributed by atoms with Crippen LogP contribution in [0.2, 0.25) is 0 Å². The maximum Gasteiger partial charge on any atom is 0.291 e. The van der Waals surface area contributed by atoms with E-state index in [4.69, 9.17) is 0 Å². The first-order valence-electron chi connectivity index (χ1n) is 9.90. The molecule has 4 rings (SSSR count). The highest BCUT2D eigenvalue weighted by molar-refractivity contribution is 6.00. The summed E-state index contributed by atoms with van der Waals surface area (Å²) in [5.41, 5.74) is 1.22. The molecule has 1 aromatic heterocycles. The van der Waals surface area contributed by atoms with Gasteiger partial charge >= 0.3 is 0 Å². The molecule has 0 radical (unpaired) electrons. The van der Waals surface area contributed by atoms with Crippen molar-refractivity contribution in [1.82, 2.24) is 20.1 Å². The van der Waals surface area contributed by atoms with Gasteiger partial charge in [-0.2, -0.15) is 0 Å². The first-order chi connectivity index (χ1) is 14.9. The van der Waals surface area contributed by atoms with E-state index < -0.39 is 29.5 Å². The molecule has 2 amide bonds. The average Bonchev–Trinajstić information content (AvgIpc) is 3.28. The van der Waals surface area contributed by atoms with E-state index >= 15 is 0 Å². The monoisotopic (exact) mass is 425 g/mol. The number of carbonyl (C=O) groups excluding carboxylic acids is 2. The maximum absolute atomic E-state index is 14.0. The van der Waals surface area contributed by atoms with Crippen molar-refractivity contribution < 1.29 is 18.4 Å². The number of amides is 2. The number of aryl methyl sites for hydroxylation is 2. The van der Waals surface area contributed by atoms with Crippen LogP contribution in [0.1, 0.15) is 40.8 Å². The van der Waals surface area contributed by atoms with Gasteiger partial charge in [-0.1, -0.05) is 31.4 Å². The number of halogens is 2. The van der Waals surface area contributed by atoms with Crippen molar-refractivity contribution in [2.24, 2.45) is 0 Å². The van der Waals surface area contributed by atoms with Crippen molar-refractivity contribution in [3.63, 3.8) is 0 Å². The Morgan fingerprint density at radius 3 is 2.84 bits per heavy atom. The molecular formula is C22H21F2N5O2. The molecule has 2 aliphatic heterocycles. The van der Waals surface area contributed by atoms with Gasteiger partial charge in [0.15, 0.2) is 0 Å². The molecule has 9 heteroatoms. The maximum atomic E-state index is 14.0. The minimum Gasteiger partial charge on any atom is -0.337 e. The zero-order chi connectivity index (χ0) is 22.1. The Labute approximate surface area is 177 Å². The average molecular weight is 425 g/mol. The van der Waals surface area contributed by atoms with Crippen molar-refractivity contribution in [3.05, 3.63) is 77.9 Å². The summed E-state index contributed by atoms with van der Waals surface area (Å²) >= 11 is 0. The summed E-state index contributed by atoms with van der Waals surface area (Å²) in [6, 6.07) is 0.961. The second kappa shape index (κ2) is 8.25. The molecule has 2 aromatic rings. The highest BCUT2D eigenvalue weighted by Crippen LogP contribution is 2.33. The van der Waals surface area contributed by atoms with Gasteiger partial charge in [-0.3, -0.25) is 9.59 Å². The number of nitrogens with zero attached hydrogens (tertiary/aromatic N) is 3. The molecule has 2 atom stereocenters. The Bertz CT molecular complexity index is 1120. The lowest BCUT2D eigenvalue weighted by Gasteiger charge is -2.14. The standard InChI is InChI=1S/C22H21F2N5O2/c1-3-5-12(4-2)15-8-9-29-20(15)27-19(28-29)22(31)25-17-7-6-13-10-14(23)11-16(24)18(13)26-21(17)30/h3-5,10-11,15,17H,1-2,6-9H2,(H,25,31)(H,26,30)/b12-5+/t15-,17-/m0/s1. The normalized spacial score (nSPS) is 20.3. The zero-order valence-electron chi connectivity index (χ0n) is 16.7. The van der Waals surface area contributed by atoms with Crippen LogP contribution < -0.4 is 10.6 Å². The van der Waals surface area contributed by atoms with Gasteiger partial charge in [-0.05, 0) is 36.5 Å². The van der Waals surface area contributed by atoms with Gasteiger partial charge in [0, 0.05) is 18.5 Å². The van der Waals surface area contributed by atoms with Gasteiger partial charge in [0.25, 0.3) is 5.91 Å². The van der Waals surface area contributed by atoms with Crippen LogP contribution in [0.4, 0.5) is 14.5 Å². The van der Waals surface area contributed by atoms with Gasteiger partial charge in [-0.25, -0.2) is 18.4 Å². The molecular weight excluding hydrogens is 404 g/mol. The minimum atomic E-state index is -0.930. The third-order valence-corrected chi connectivity index (χ3v) is 5.50.